The fraction of sp³-hybridized carbons (Fsp3) is 0.227. The molecule has 10 heteroatoms. The first-order valence-electron chi connectivity index (χ1n) is 9.61. The second kappa shape index (κ2) is 9.58. The van der Waals surface area contributed by atoms with E-state index in [1.807, 2.05) is 12.1 Å². The van der Waals surface area contributed by atoms with Crippen molar-refractivity contribution >= 4 is 26.7 Å². The van der Waals surface area contributed by atoms with Gasteiger partial charge in [0.15, 0.2) is 0 Å². The van der Waals surface area contributed by atoms with Crippen molar-refractivity contribution in [2.75, 3.05) is 13.6 Å². The Morgan fingerprint density at radius 3 is 2.38 bits per heavy atom. The first kappa shape index (κ1) is 23.6. The summed E-state index contributed by atoms with van der Waals surface area (Å²) in [6.45, 7) is -0.276. The van der Waals surface area contributed by atoms with Crippen LogP contribution in [0.3, 0.4) is 0 Å². The number of hydrogen-bond acceptors (Lipinski definition) is 4. The van der Waals surface area contributed by atoms with Crippen molar-refractivity contribution in [2.45, 2.75) is 24.2 Å². The van der Waals surface area contributed by atoms with E-state index in [9.17, 15) is 26.4 Å². The second-order valence-electron chi connectivity index (χ2n) is 7.06. The van der Waals surface area contributed by atoms with E-state index in [-0.39, 0.29) is 30.0 Å². The van der Waals surface area contributed by atoms with Crippen molar-refractivity contribution in [1.29, 1.82) is 0 Å². The summed E-state index contributed by atoms with van der Waals surface area (Å²) in [5.74, 6) is -0.829. The zero-order valence-corrected chi connectivity index (χ0v) is 17.9. The number of halogens is 3. The number of ether oxygens (including phenoxy) is 1. The SMILES string of the molecule is CN(Cc1ccccc1OC(F)(F)F)C(=O)CCNS(=O)(=O)c1ccc2ccccc2c1. The summed E-state index contributed by atoms with van der Waals surface area (Å²) in [6, 6.07) is 17.6. The number of benzene rings is 3. The number of alkyl halides is 3. The summed E-state index contributed by atoms with van der Waals surface area (Å²) in [5, 5.41) is 1.67. The number of nitrogens with zero attached hydrogens (tertiary/aromatic N) is 1. The van der Waals surface area contributed by atoms with Gasteiger partial charge in [0, 0.05) is 32.1 Å². The summed E-state index contributed by atoms with van der Waals surface area (Å²) < 4.78 is 69.1. The van der Waals surface area contributed by atoms with Gasteiger partial charge in [-0.15, -0.1) is 13.2 Å². The molecule has 0 fully saturated rings. The largest absolute Gasteiger partial charge is 0.573 e. The molecule has 0 bridgehead atoms. The molecule has 1 amide bonds. The molecule has 0 radical (unpaired) electrons. The van der Waals surface area contributed by atoms with Gasteiger partial charge in [0.25, 0.3) is 0 Å². The minimum absolute atomic E-state index is 0.0789. The molecule has 0 aliphatic rings. The molecule has 170 valence electrons. The lowest BCUT2D eigenvalue weighted by Gasteiger charge is -2.20. The number of hydrogen-bond donors (Lipinski definition) is 1. The first-order chi connectivity index (χ1) is 15.0. The zero-order valence-electron chi connectivity index (χ0n) is 17.1. The number of carbonyl (C=O) groups is 1. The van der Waals surface area contributed by atoms with Crippen LogP contribution in [0.15, 0.2) is 71.6 Å². The Morgan fingerprint density at radius 2 is 1.66 bits per heavy atom. The van der Waals surface area contributed by atoms with Gasteiger partial charge < -0.3 is 9.64 Å². The molecule has 1 N–H and O–H groups in total. The van der Waals surface area contributed by atoms with E-state index in [0.29, 0.717) is 0 Å². The maximum Gasteiger partial charge on any atom is 0.573 e. The number of nitrogens with one attached hydrogen (secondary N) is 1. The van der Waals surface area contributed by atoms with Gasteiger partial charge >= 0.3 is 6.36 Å². The normalized spacial score (nSPS) is 12.0. The van der Waals surface area contributed by atoms with E-state index in [1.165, 1.54) is 42.3 Å². The average Bonchev–Trinajstić information content (AvgIpc) is 2.73. The van der Waals surface area contributed by atoms with Crippen LogP contribution >= 0.6 is 0 Å². The molecule has 3 aromatic rings. The van der Waals surface area contributed by atoms with Crippen LogP contribution in [-0.4, -0.2) is 39.2 Å². The Labute approximate surface area is 183 Å². The molecule has 3 rings (SSSR count). The van der Waals surface area contributed by atoms with Crippen LogP contribution in [0.4, 0.5) is 13.2 Å². The highest BCUT2D eigenvalue weighted by Gasteiger charge is 2.32. The molecule has 32 heavy (non-hydrogen) atoms. The van der Waals surface area contributed by atoms with Crippen molar-refractivity contribution in [2.24, 2.45) is 0 Å². The van der Waals surface area contributed by atoms with Gasteiger partial charge in [0.2, 0.25) is 15.9 Å². The third kappa shape index (κ3) is 6.21. The van der Waals surface area contributed by atoms with Gasteiger partial charge in [0.05, 0.1) is 4.90 Å². The van der Waals surface area contributed by atoms with Gasteiger partial charge in [-0.2, -0.15) is 0 Å². The highest BCUT2D eigenvalue weighted by molar-refractivity contribution is 7.89. The molecule has 0 atom stereocenters. The van der Waals surface area contributed by atoms with E-state index in [0.717, 1.165) is 10.8 Å². The average molecular weight is 466 g/mol. The summed E-state index contributed by atoms with van der Waals surface area (Å²) in [7, 11) is -2.40. The highest BCUT2D eigenvalue weighted by atomic mass is 32.2. The lowest BCUT2D eigenvalue weighted by atomic mass is 10.1. The fourth-order valence-electron chi connectivity index (χ4n) is 3.10. The Bertz CT molecular complexity index is 1210. The Hall–Kier alpha value is -3.11. The van der Waals surface area contributed by atoms with Crippen LogP contribution in [0.25, 0.3) is 10.8 Å². The molecule has 0 aliphatic carbocycles. The molecule has 6 nitrogen and oxygen atoms in total. The Morgan fingerprint density at radius 1 is 1.00 bits per heavy atom. The van der Waals surface area contributed by atoms with Crippen molar-refractivity contribution in [3.63, 3.8) is 0 Å². The number of amides is 1. The number of carbonyl (C=O) groups excluding carboxylic acids is 1. The smallest absolute Gasteiger partial charge is 0.405 e. The standard InChI is InChI=1S/C22H21F3N2O4S/c1-27(15-18-8-4-5-9-20(18)31-22(23,24)25)21(28)12-13-26-32(29,30)19-11-10-16-6-2-3-7-17(16)14-19/h2-11,14,26H,12-13,15H2,1H3. The summed E-state index contributed by atoms with van der Waals surface area (Å²) in [6.07, 6.45) is -5.01. The molecular weight excluding hydrogens is 445 g/mol. The van der Waals surface area contributed by atoms with Gasteiger partial charge in [-0.05, 0) is 29.0 Å². The topological polar surface area (TPSA) is 75.7 Å². The molecule has 0 aliphatic heterocycles. The van der Waals surface area contributed by atoms with E-state index in [4.69, 9.17) is 0 Å². The zero-order chi connectivity index (χ0) is 23.4. The lowest BCUT2D eigenvalue weighted by molar-refractivity contribution is -0.275. The fourth-order valence-corrected chi connectivity index (χ4v) is 4.17. The van der Waals surface area contributed by atoms with Crippen LogP contribution < -0.4 is 9.46 Å². The maximum absolute atomic E-state index is 12.6. The van der Waals surface area contributed by atoms with Crippen LogP contribution in [0, 0.1) is 0 Å². The van der Waals surface area contributed by atoms with Crippen LogP contribution in [0.2, 0.25) is 0 Å². The van der Waals surface area contributed by atoms with E-state index in [2.05, 4.69) is 9.46 Å². The molecule has 0 heterocycles. The third-order valence-electron chi connectivity index (χ3n) is 4.69. The third-order valence-corrected chi connectivity index (χ3v) is 6.15. The number of sulfonamides is 1. The first-order valence-corrected chi connectivity index (χ1v) is 11.1. The van der Waals surface area contributed by atoms with Gasteiger partial charge in [0.1, 0.15) is 5.75 Å². The number of fused-ring (bicyclic) bond motifs is 1. The molecule has 0 spiro atoms. The minimum Gasteiger partial charge on any atom is -0.405 e. The highest BCUT2D eigenvalue weighted by Crippen LogP contribution is 2.27. The summed E-state index contributed by atoms with van der Waals surface area (Å²) in [5.41, 5.74) is 0.178. The number of para-hydroxylation sites is 1. The summed E-state index contributed by atoms with van der Waals surface area (Å²) >= 11 is 0. The quantitative estimate of drug-likeness (QED) is 0.543. The second-order valence-corrected chi connectivity index (χ2v) is 8.83. The monoisotopic (exact) mass is 466 g/mol. The van der Waals surface area contributed by atoms with Crippen molar-refractivity contribution in [3.05, 3.63) is 72.3 Å². The van der Waals surface area contributed by atoms with Crippen LogP contribution in [0.1, 0.15) is 12.0 Å². The minimum atomic E-state index is -4.85. The number of rotatable bonds is 8. The van der Waals surface area contributed by atoms with Crippen LogP contribution in [-0.2, 0) is 21.4 Å². The Kier molecular flexibility index (Phi) is 7.05. The molecular formula is C22H21F3N2O4S. The molecule has 0 saturated carbocycles. The van der Waals surface area contributed by atoms with Gasteiger partial charge in [-0.1, -0.05) is 48.5 Å². The van der Waals surface area contributed by atoms with Gasteiger partial charge in [-0.3, -0.25) is 4.79 Å². The molecule has 0 saturated heterocycles. The van der Waals surface area contributed by atoms with Crippen molar-refractivity contribution in [3.8, 4) is 5.75 Å². The van der Waals surface area contributed by atoms with E-state index in [1.54, 1.807) is 24.3 Å². The van der Waals surface area contributed by atoms with E-state index >= 15 is 0 Å². The Balaban J connectivity index is 1.58. The summed E-state index contributed by atoms with van der Waals surface area (Å²) in [4.78, 5) is 13.7. The molecule has 0 unspecified atom stereocenters. The predicted octanol–water partition coefficient (Wildman–Crippen LogP) is 4.07. The van der Waals surface area contributed by atoms with Gasteiger partial charge in [-0.25, -0.2) is 13.1 Å². The van der Waals surface area contributed by atoms with Crippen LogP contribution in [0.5, 0.6) is 5.75 Å². The van der Waals surface area contributed by atoms with Crippen molar-refractivity contribution < 1.29 is 31.1 Å². The van der Waals surface area contributed by atoms with E-state index < -0.39 is 28.0 Å². The molecule has 3 aromatic carbocycles. The lowest BCUT2D eigenvalue weighted by Crippen LogP contribution is -2.32. The maximum atomic E-state index is 12.6. The van der Waals surface area contributed by atoms with Crippen molar-refractivity contribution in [1.82, 2.24) is 9.62 Å². The predicted molar refractivity (Wildman–Crippen MR) is 113 cm³/mol. The molecule has 0 aromatic heterocycles.